The van der Waals surface area contributed by atoms with Gasteiger partial charge in [-0.15, -0.1) is 0 Å². The highest BCUT2D eigenvalue weighted by atomic mass is 15.3. The Hall–Kier alpha value is -1.22. The van der Waals surface area contributed by atoms with E-state index in [2.05, 4.69) is 60.3 Å². The maximum absolute atomic E-state index is 3.63. The molecule has 1 aromatic rings. The first kappa shape index (κ1) is 11.8. The van der Waals surface area contributed by atoms with E-state index in [9.17, 15) is 0 Å². The third kappa shape index (κ3) is 1.97. The second kappa shape index (κ2) is 4.16. The van der Waals surface area contributed by atoms with Gasteiger partial charge in [0.15, 0.2) is 0 Å². The minimum Gasteiger partial charge on any atom is -0.371 e. The van der Waals surface area contributed by atoms with E-state index in [0.717, 1.165) is 19.6 Å². The number of nitrogens with one attached hydrogen (secondary N) is 1. The van der Waals surface area contributed by atoms with Gasteiger partial charge in [0.1, 0.15) is 0 Å². The molecule has 2 heterocycles. The second-order valence-corrected chi connectivity index (χ2v) is 6.23. The van der Waals surface area contributed by atoms with Gasteiger partial charge in [0, 0.05) is 38.3 Å². The molecular weight excluding hydrogens is 222 g/mol. The Morgan fingerprint density at radius 3 is 2.56 bits per heavy atom. The number of rotatable bonds is 1. The van der Waals surface area contributed by atoms with Gasteiger partial charge in [0.2, 0.25) is 0 Å². The fourth-order valence-electron chi connectivity index (χ4n) is 3.26. The molecule has 0 bridgehead atoms. The minimum atomic E-state index is 0.281. The molecule has 0 spiro atoms. The van der Waals surface area contributed by atoms with Crippen molar-refractivity contribution < 1.29 is 0 Å². The summed E-state index contributed by atoms with van der Waals surface area (Å²) in [7, 11) is 2.19. The summed E-state index contributed by atoms with van der Waals surface area (Å²) < 4.78 is 0. The Labute approximate surface area is 110 Å². The molecule has 3 nitrogen and oxygen atoms in total. The molecule has 0 aliphatic carbocycles. The molecule has 0 saturated carbocycles. The van der Waals surface area contributed by atoms with Gasteiger partial charge in [0.05, 0.1) is 11.4 Å². The molecule has 0 aromatic heterocycles. The fraction of sp³-hybridized carbons (Fsp3) is 0.600. The van der Waals surface area contributed by atoms with Crippen LogP contribution >= 0.6 is 0 Å². The lowest BCUT2D eigenvalue weighted by molar-refractivity contribution is 0.451. The van der Waals surface area contributed by atoms with Crippen molar-refractivity contribution in [3.8, 4) is 0 Å². The van der Waals surface area contributed by atoms with Crippen molar-refractivity contribution in [3.63, 3.8) is 0 Å². The molecule has 1 atom stereocenters. The smallest absolute Gasteiger partial charge is 0.0607 e. The number of para-hydroxylation sites is 2. The van der Waals surface area contributed by atoms with E-state index in [-0.39, 0.29) is 5.54 Å². The van der Waals surface area contributed by atoms with Crippen LogP contribution in [-0.2, 0) is 0 Å². The van der Waals surface area contributed by atoms with Crippen LogP contribution < -0.4 is 15.1 Å². The first-order chi connectivity index (χ1) is 8.57. The van der Waals surface area contributed by atoms with Crippen LogP contribution in [0.15, 0.2) is 24.3 Å². The number of nitrogens with zero attached hydrogens (tertiary/aromatic N) is 2. The summed E-state index contributed by atoms with van der Waals surface area (Å²) in [5.41, 5.74) is 3.05. The molecule has 2 aliphatic heterocycles. The van der Waals surface area contributed by atoms with Gasteiger partial charge >= 0.3 is 0 Å². The summed E-state index contributed by atoms with van der Waals surface area (Å²) >= 11 is 0. The molecule has 0 amide bonds. The zero-order valence-electron chi connectivity index (χ0n) is 11.6. The molecule has 1 saturated heterocycles. The van der Waals surface area contributed by atoms with Crippen molar-refractivity contribution in [2.24, 2.45) is 0 Å². The number of benzene rings is 1. The van der Waals surface area contributed by atoms with Crippen molar-refractivity contribution in [2.75, 3.05) is 36.5 Å². The lowest BCUT2D eigenvalue weighted by atomic mass is 9.99. The average Bonchev–Trinajstić information content (AvgIpc) is 2.70. The van der Waals surface area contributed by atoms with Gasteiger partial charge in [-0.05, 0) is 32.4 Å². The Balaban J connectivity index is 1.89. The summed E-state index contributed by atoms with van der Waals surface area (Å²) in [6.45, 7) is 7.96. The van der Waals surface area contributed by atoms with Crippen LogP contribution in [0.1, 0.15) is 20.3 Å². The zero-order valence-corrected chi connectivity index (χ0v) is 11.6. The molecule has 2 aliphatic rings. The summed E-state index contributed by atoms with van der Waals surface area (Å²) in [6.07, 6.45) is 1.23. The molecule has 1 N–H and O–H groups in total. The SMILES string of the molecule is CN1CCN(C2CNC(C)(C)C2)c2ccccc21. The Morgan fingerprint density at radius 2 is 1.89 bits per heavy atom. The highest BCUT2D eigenvalue weighted by molar-refractivity contribution is 5.73. The molecule has 3 heteroatoms. The maximum Gasteiger partial charge on any atom is 0.0607 e. The largest absolute Gasteiger partial charge is 0.371 e. The van der Waals surface area contributed by atoms with Crippen LogP contribution in [0.25, 0.3) is 0 Å². The van der Waals surface area contributed by atoms with E-state index in [1.54, 1.807) is 0 Å². The molecular formula is C15H23N3. The predicted molar refractivity (Wildman–Crippen MR) is 77.5 cm³/mol. The van der Waals surface area contributed by atoms with Crippen molar-refractivity contribution in [3.05, 3.63) is 24.3 Å². The monoisotopic (exact) mass is 245 g/mol. The van der Waals surface area contributed by atoms with Crippen LogP contribution in [0.3, 0.4) is 0 Å². The van der Waals surface area contributed by atoms with Crippen LogP contribution in [0.4, 0.5) is 11.4 Å². The second-order valence-electron chi connectivity index (χ2n) is 6.23. The summed E-state index contributed by atoms with van der Waals surface area (Å²) in [6, 6.07) is 9.41. The van der Waals surface area contributed by atoms with E-state index < -0.39 is 0 Å². The summed E-state index contributed by atoms with van der Waals surface area (Å²) in [5, 5.41) is 3.63. The number of anilines is 2. The Bertz CT molecular complexity index is 441. The minimum absolute atomic E-state index is 0.281. The third-order valence-electron chi connectivity index (χ3n) is 4.28. The first-order valence-electron chi connectivity index (χ1n) is 6.89. The number of hydrogen-bond donors (Lipinski definition) is 1. The lowest BCUT2D eigenvalue weighted by Crippen LogP contribution is -2.45. The molecule has 3 rings (SSSR count). The van der Waals surface area contributed by atoms with E-state index in [4.69, 9.17) is 0 Å². The topological polar surface area (TPSA) is 18.5 Å². The van der Waals surface area contributed by atoms with Gasteiger partial charge in [-0.2, -0.15) is 0 Å². The number of likely N-dealkylation sites (N-methyl/N-ethyl adjacent to an activating group) is 1. The zero-order chi connectivity index (χ0) is 12.8. The first-order valence-corrected chi connectivity index (χ1v) is 6.89. The van der Waals surface area contributed by atoms with Gasteiger partial charge in [-0.25, -0.2) is 0 Å². The third-order valence-corrected chi connectivity index (χ3v) is 4.28. The van der Waals surface area contributed by atoms with Crippen molar-refractivity contribution in [2.45, 2.75) is 31.8 Å². The van der Waals surface area contributed by atoms with E-state index in [1.807, 2.05) is 0 Å². The Morgan fingerprint density at radius 1 is 1.17 bits per heavy atom. The maximum atomic E-state index is 3.63. The van der Waals surface area contributed by atoms with Crippen LogP contribution in [0.5, 0.6) is 0 Å². The molecule has 1 fully saturated rings. The standard InChI is InChI=1S/C15H23N3/c1-15(2)10-12(11-16-15)18-9-8-17(3)13-6-4-5-7-14(13)18/h4-7,12,16H,8-11H2,1-3H3. The van der Waals surface area contributed by atoms with E-state index in [0.29, 0.717) is 6.04 Å². The van der Waals surface area contributed by atoms with Crippen molar-refractivity contribution in [1.82, 2.24) is 5.32 Å². The summed E-state index contributed by atoms with van der Waals surface area (Å²) in [4.78, 5) is 4.95. The van der Waals surface area contributed by atoms with Crippen molar-refractivity contribution in [1.29, 1.82) is 0 Å². The molecule has 1 aromatic carbocycles. The van der Waals surface area contributed by atoms with Crippen LogP contribution in [-0.4, -0.2) is 38.3 Å². The van der Waals surface area contributed by atoms with E-state index >= 15 is 0 Å². The molecule has 0 radical (unpaired) electrons. The van der Waals surface area contributed by atoms with Crippen LogP contribution in [0, 0.1) is 0 Å². The van der Waals surface area contributed by atoms with E-state index in [1.165, 1.54) is 17.8 Å². The van der Waals surface area contributed by atoms with Gasteiger partial charge in [-0.3, -0.25) is 0 Å². The molecule has 98 valence electrons. The molecule has 1 unspecified atom stereocenters. The quantitative estimate of drug-likeness (QED) is 0.817. The van der Waals surface area contributed by atoms with Crippen LogP contribution in [0.2, 0.25) is 0 Å². The predicted octanol–water partition coefficient (Wildman–Crippen LogP) is 2.08. The highest BCUT2D eigenvalue weighted by Gasteiger charge is 2.35. The lowest BCUT2D eigenvalue weighted by Gasteiger charge is -2.40. The molecule has 18 heavy (non-hydrogen) atoms. The van der Waals surface area contributed by atoms with Gasteiger partial charge in [-0.1, -0.05) is 12.1 Å². The van der Waals surface area contributed by atoms with Gasteiger partial charge in [0.25, 0.3) is 0 Å². The van der Waals surface area contributed by atoms with Crippen molar-refractivity contribution >= 4 is 11.4 Å². The number of hydrogen-bond acceptors (Lipinski definition) is 3. The summed E-state index contributed by atoms with van der Waals surface area (Å²) in [5.74, 6) is 0. The van der Waals surface area contributed by atoms with Gasteiger partial charge < -0.3 is 15.1 Å². The normalized spacial score (nSPS) is 26.3. The fourth-order valence-corrected chi connectivity index (χ4v) is 3.26. The highest BCUT2D eigenvalue weighted by Crippen LogP contribution is 2.35. The Kier molecular flexibility index (Phi) is 2.74. The average molecular weight is 245 g/mol. The number of fused-ring (bicyclic) bond motifs is 1.